The molecule has 3 unspecified atom stereocenters. The van der Waals surface area contributed by atoms with E-state index in [2.05, 4.69) is 18.7 Å². The second-order valence-electron chi connectivity index (χ2n) is 6.35. The van der Waals surface area contributed by atoms with Gasteiger partial charge in [0.1, 0.15) is 0 Å². The average Bonchev–Trinajstić information content (AvgIpc) is 2.67. The molecule has 19 heavy (non-hydrogen) atoms. The van der Waals surface area contributed by atoms with Crippen LogP contribution in [0.3, 0.4) is 0 Å². The van der Waals surface area contributed by atoms with Gasteiger partial charge in [-0.2, -0.15) is 0 Å². The molecule has 108 valence electrons. The molecule has 2 amide bonds. The Morgan fingerprint density at radius 3 is 2.37 bits per heavy atom. The van der Waals surface area contributed by atoms with Gasteiger partial charge in [0.15, 0.2) is 0 Å². The zero-order valence-corrected chi connectivity index (χ0v) is 12.0. The lowest BCUT2D eigenvalue weighted by atomic mass is 9.92. The van der Waals surface area contributed by atoms with Gasteiger partial charge < -0.3 is 15.5 Å². The molecular formula is C14H25N3O2. The fraction of sp³-hybridized carbons (Fsp3) is 0.857. The van der Waals surface area contributed by atoms with Crippen LogP contribution in [0.5, 0.6) is 0 Å². The highest BCUT2D eigenvalue weighted by atomic mass is 16.2. The van der Waals surface area contributed by atoms with E-state index in [1.165, 1.54) is 6.42 Å². The lowest BCUT2D eigenvalue weighted by Crippen LogP contribution is -2.43. The summed E-state index contributed by atoms with van der Waals surface area (Å²) in [6.07, 6.45) is 1.59. The molecule has 0 bridgehead atoms. The highest BCUT2D eigenvalue weighted by Gasteiger charge is 2.33. The maximum absolute atomic E-state index is 11.8. The van der Waals surface area contributed by atoms with Gasteiger partial charge in [0, 0.05) is 39.1 Å². The summed E-state index contributed by atoms with van der Waals surface area (Å²) in [7, 11) is 0. The lowest BCUT2D eigenvalue weighted by molar-refractivity contribution is -0.128. The topological polar surface area (TPSA) is 66.6 Å². The number of rotatable bonds is 4. The molecule has 0 aromatic carbocycles. The molecule has 0 radical (unpaired) electrons. The molecule has 2 fully saturated rings. The van der Waals surface area contributed by atoms with E-state index in [1.54, 1.807) is 4.90 Å². The molecule has 2 rings (SSSR count). The third-order valence-corrected chi connectivity index (χ3v) is 4.25. The maximum atomic E-state index is 11.8. The highest BCUT2D eigenvalue weighted by molar-refractivity contribution is 5.88. The van der Waals surface area contributed by atoms with Gasteiger partial charge in [-0.1, -0.05) is 13.8 Å². The van der Waals surface area contributed by atoms with Crippen molar-refractivity contribution in [2.45, 2.75) is 26.7 Å². The quantitative estimate of drug-likeness (QED) is 0.796. The number of likely N-dealkylation sites (tertiary alicyclic amines) is 2. The molecule has 2 aliphatic rings. The first-order chi connectivity index (χ1) is 8.95. The molecule has 0 aliphatic carbocycles. The lowest BCUT2D eigenvalue weighted by Gasteiger charge is -2.35. The second-order valence-corrected chi connectivity index (χ2v) is 6.35. The number of nitrogens with zero attached hydrogens (tertiary/aromatic N) is 2. The van der Waals surface area contributed by atoms with Crippen LogP contribution in [0.25, 0.3) is 0 Å². The number of hydrogen-bond donors (Lipinski definition) is 1. The summed E-state index contributed by atoms with van der Waals surface area (Å²) in [5, 5.41) is 0. The second kappa shape index (κ2) is 5.90. The zero-order valence-electron chi connectivity index (χ0n) is 12.0. The Balaban J connectivity index is 1.79. The van der Waals surface area contributed by atoms with Crippen LogP contribution < -0.4 is 5.73 Å². The molecule has 0 aromatic heterocycles. The van der Waals surface area contributed by atoms with Gasteiger partial charge >= 0.3 is 0 Å². The minimum atomic E-state index is -0.351. The normalized spacial score (nSPS) is 32.8. The first-order valence-corrected chi connectivity index (χ1v) is 7.25. The Morgan fingerprint density at radius 2 is 1.84 bits per heavy atom. The van der Waals surface area contributed by atoms with Crippen molar-refractivity contribution in [2.24, 2.45) is 23.5 Å². The fourth-order valence-electron chi connectivity index (χ4n) is 3.42. The van der Waals surface area contributed by atoms with Crippen molar-refractivity contribution >= 4 is 11.8 Å². The van der Waals surface area contributed by atoms with Crippen molar-refractivity contribution in [3.63, 3.8) is 0 Å². The van der Waals surface area contributed by atoms with Gasteiger partial charge in [0.25, 0.3) is 0 Å². The first-order valence-electron chi connectivity index (χ1n) is 7.25. The molecule has 3 atom stereocenters. The minimum Gasteiger partial charge on any atom is -0.369 e. The standard InChI is InChI=1S/C14H25N3O2/c1-10-5-11(2)8-16(7-10)3-4-17-9-12(14(15)19)6-13(17)18/h10-12H,3-9H2,1-2H3,(H2,15,19). The number of carbonyl (C=O) groups is 2. The van der Waals surface area contributed by atoms with E-state index in [4.69, 9.17) is 5.73 Å². The van der Waals surface area contributed by atoms with Crippen LogP contribution in [0.1, 0.15) is 26.7 Å². The van der Waals surface area contributed by atoms with Crippen LogP contribution in [0.2, 0.25) is 0 Å². The smallest absolute Gasteiger partial charge is 0.223 e. The van der Waals surface area contributed by atoms with Crippen LogP contribution in [0, 0.1) is 17.8 Å². The van der Waals surface area contributed by atoms with Gasteiger partial charge in [-0.15, -0.1) is 0 Å². The molecule has 0 aromatic rings. The Kier molecular flexibility index (Phi) is 4.45. The summed E-state index contributed by atoms with van der Waals surface area (Å²) in [5.74, 6) is 0.900. The largest absolute Gasteiger partial charge is 0.369 e. The summed E-state index contributed by atoms with van der Waals surface area (Å²) in [5.41, 5.74) is 5.27. The average molecular weight is 267 g/mol. The number of hydrogen-bond acceptors (Lipinski definition) is 3. The van der Waals surface area contributed by atoms with Crippen molar-refractivity contribution in [3.05, 3.63) is 0 Å². The van der Waals surface area contributed by atoms with Crippen LogP contribution >= 0.6 is 0 Å². The predicted molar refractivity (Wildman–Crippen MR) is 73.3 cm³/mol. The van der Waals surface area contributed by atoms with Gasteiger partial charge in [0.05, 0.1) is 5.92 Å². The van der Waals surface area contributed by atoms with Crippen LogP contribution in [0.4, 0.5) is 0 Å². The molecular weight excluding hydrogens is 242 g/mol. The monoisotopic (exact) mass is 267 g/mol. The van der Waals surface area contributed by atoms with E-state index in [1.807, 2.05) is 0 Å². The third kappa shape index (κ3) is 3.69. The Labute approximate surface area is 115 Å². The first kappa shape index (κ1) is 14.3. The van der Waals surface area contributed by atoms with Gasteiger partial charge in [0.2, 0.25) is 11.8 Å². The summed E-state index contributed by atoms with van der Waals surface area (Å²) >= 11 is 0. The van der Waals surface area contributed by atoms with Crippen molar-refractivity contribution in [1.82, 2.24) is 9.80 Å². The molecule has 0 saturated carbocycles. The van der Waals surface area contributed by atoms with Crippen molar-refractivity contribution in [3.8, 4) is 0 Å². The zero-order chi connectivity index (χ0) is 14.0. The highest BCUT2D eigenvalue weighted by Crippen LogP contribution is 2.21. The van der Waals surface area contributed by atoms with Crippen molar-refractivity contribution < 1.29 is 9.59 Å². The fourth-order valence-corrected chi connectivity index (χ4v) is 3.42. The molecule has 5 nitrogen and oxygen atoms in total. The molecule has 0 spiro atoms. The Morgan fingerprint density at radius 1 is 1.21 bits per heavy atom. The molecule has 2 N–H and O–H groups in total. The summed E-state index contributed by atoms with van der Waals surface area (Å²) in [6, 6.07) is 0. The number of piperidine rings is 1. The Bertz CT molecular complexity index is 349. The van der Waals surface area contributed by atoms with E-state index in [9.17, 15) is 9.59 Å². The number of carbonyl (C=O) groups excluding carboxylic acids is 2. The van der Waals surface area contributed by atoms with E-state index in [-0.39, 0.29) is 17.7 Å². The van der Waals surface area contributed by atoms with E-state index in [0.29, 0.717) is 13.0 Å². The van der Waals surface area contributed by atoms with Crippen molar-refractivity contribution in [2.75, 3.05) is 32.7 Å². The minimum absolute atomic E-state index is 0.0712. The van der Waals surface area contributed by atoms with Crippen LogP contribution in [0.15, 0.2) is 0 Å². The predicted octanol–water partition coefficient (Wildman–Crippen LogP) is 0.298. The van der Waals surface area contributed by atoms with E-state index >= 15 is 0 Å². The summed E-state index contributed by atoms with van der Waals surface area (Å²) < 4.78 is 0. The number of nitrogens with two attached hydrogens (primary N) is 1. The van der Waals surface area contributed by atoms with Gasteiger partial charge in [-0.25, -0.2) is 0 Å². The van der Waals surface area contributed by atoms with Gasteiger partial charge in [-0.05, 0) is 18.3 Å². The van der Waals surface area contributed by atoms with E-state index in [0.717, 1.165) is 38.0 Å². The van der Waals surface area contributed by atoms with Gasteiger partial charge in [-0.3, -0.25) is 9.59 Å². The van der Waals surface area contributed by atoms with Crippen LogP contribution in [-0.4, -0.2) is 54.3 Å². The van der Waals surface area contributed by atoms with Crippen LogP contribution in [-0.2, 0) is 9.59 Å². The van der Waals surface area contributed by atoms with Crippen molar-refractivity contribution in [1.29, 1.82) is 0 Å². The Hall–Kier alpha value is -1.10. The number of primary amides is 1. The SMILES string of the molecule is CC1CC(C)CN(CCN2CC(C(N)=O)CC2=O)C1. The maximum Gasteiger partial charge on any atom is 0.223 e. The van der Waals surface area contributed by atoms with E-state index < -0.39 is 0 Å². The number of amides is 2. The third-order valence-electron chi connectivity index (χ3n) is 4.25. The molecule has 5 heteroatoms. The summed E-state index contributed by atoms with van der Waals surface area (Å²) in [4.78, 5) is 27.1. The molecule has 2 heterocycles. The summed E-state index contributed by atoms with van der Waals surface area (Å²) in [6.45, 7) is 8.94. The molecule has 2 aliphatic heterocycles. The molecule has 2 saturated heterocycles.